The molecule has 1 amide bonds. The van der Waals surface area contributed by atoms with E-state index in [1.54, 1.807) is 6.20 Å². The molecule has 0 spiro atoms. The second-order valence-corrected chi connectivity index (χ2v) is 5.36. The molecule has 0 atom stereocenters. The van der Waals surface area contributed by atoms with E-state index in [2.05, 4.69) is 41.4 Å². The van der Waals surface area contributed by atoms with Crippen molar-refractivity contribution < 1.29 is 4.79 Å². The highest BCUT2D eigenvalue weighted by atomic mass is 16.1. The Balaban J connectivity index is 2.35. The van der Waals surface area contributed by atoms with Gasteiger partial charge in [0, 0.05) is 13.1 Å². The minimum absolute atomic E-state index is 0.157. The molecule has 5 nitrogen and oxygen atoms in total. The van der Waals surface area contributed by atoms with E-state index in [9.17, 15) is 4.79 Å². The average Bonchev–Trinajstić information content (AvgIpc) is 2.44. The molecule has 2 N–H and O–H groups in total. The molecule has 1 rings (SSSR count). The maximum absolute atomic E-state index is 11.8. The third-order valence-electron chi connectivity index (χ3n) is 2.98. The van der Waals surface area contributed by atoms with Crippen LogP contribution in [0.4, 0.5) is 5.82 Å². The summed E-state index contributed by atoms with van der Waals surface area (Å²) in [7, 11) is 0. The standard InChI is InChI=1S/C15H26N4O/c1-4-5-6-8-16-14-11-18-13(10-19-14)15(20)17-9-7-12(2)3/h10-12H,4-9H2,1-3H3,(H,16,19)(H,17,20). The van der Waals surface area contributed by atoms with Crippen LogP contribution in [0.25, 0.3) is 0 Å². The van der Waals surface area contributed by atoms with Gasteiger partial charge in [0.25, 0.3) is 5.91 Å². The number of anilines is 1. The van der Waals surface area contributed by atoms with Crippen LogP contribution in [0.5, 0.6) is 0 Å². The number of carbonyl (C=O) groups excluding carboxylic acids is 1. The fourth-order valence-electron chi connectivity index (χ4n) is 1.69. The number of aromatic nitrogens is 2. The quantitative estimate of drug-likeness (QED) is 0.682. The number of nitrogens with zero attached hydrogens (tertiary/aromatic N) is 2. The summed E-state index contributed by atoms with van der Waals surface area (Å²) in [5.41, 5.74) is 0.368. The topological polar surface area (TPSA) is 66.9 Å². The van der Waals surface area contributed by atoms with Gasteiger partial charge in [-0.25, -0.2) is 9.97 Å². The summed E-state index contributed by atoms with van der Waals surface area (Å²) in [6, 6.07) is 0. The zero-order valence-electron chi connectivity index (χ0n) is 12.8. The van der Waals surface area contributed by atoms with Gasteiger partial charge in [0.05, 0.1) is 12.4 Å². The van der Waals surface area contributed by atoms with Crippen molar-refractivity contribution in [1.82, 2.24) is 15.3 Å². The van der Waals surface area contributed by atoms with Crippen LogP contribution in [0, 0.1) is 5.92 Å². The highest BCUT2D eigenvalue weighted by Gasteiger charge is 2.07. The molecule has 1 heterocycles. The van der Waals surface area contributed by atoms with Crippen LogP contribution in [0.2, 0.25) is 0 Å². The van der Waals surface area contributed by atoms with Crippen LogP contribution in [-0.4, -0.2) is 29.0 Å². The zero-order chi connectivity index (χ0) is 14.8. The van der Waals surface area contributed by atoms with Gasteiger partial charge >= 0.3 is 0 Å². The molecule has 0 aliphatic rings. The predicted molar refractivity (Wildman–Crippen MR) is 81.8 cm³/mol. The molecule has 0 aromatic carbocycles. The minimum Gasteiger partial charge on any atom is -0.369 e. The first-order valence-corrected chi connectivity index (χ1v) is 7.47. The molecule has 112 valence electrons. The lowest BCUT2D eigenvalue weighted by Gasteiger charge is -2.07. The highest BCUT2D eigenvalue weighted by Crippen LogP contribution is 2.03. The molecule has 20 heavy (non-hydrogen) atoms. The Morgan fingerprint density at radius 1 is 1.20 bits per heavy atom. The van der Waals surface area contributed by atoms with Gasteiger partial charge in [-0.15, -0.1) is 0 Å². The lowest BCUT2D eigenvalue weighted by atomic mass is 10.1. The molecule has 0 unspecified atom stereocenters. The molecule has 1 aromatic heterocycles. The van der Waals surface area contributed by atoms with Gasteiger partial charge in [0.2, 0.25) is 0 Å². The Kier molecular flexibility index (Phi) is 7.62. The third kappa shape index (κ3) is 6.50. The Hall–Kier alpha value is -1.65. The van der Waals surface area contributed by atoms with Crippen LogP contribution >= 0.6 is 0 Å². The van der Waals surface area contributed by atoms with Crippen molar-refractivity contribution in [3.63, 3.8) is 0 Å². The van der Waals surface area contributed by atoms with Crippen LogP contribution < -0.4 is 10.6 Å². The first-order valence-electron chi connectivity index (χ1n) is 7.47. The summed E-state index contributed by atoms with van der Waals surface area (Å²) in [4.78, 5) is 20.1. The Labute approximate surface area is 121 Å². The second kappa shape index (κ2) is 9.28. The summed E-state index contributed by atoms with van der Waals surface area (Å²) >= 11 is 0. The zero-order valence-corrected chi connectivity index (χ0v) is 12.8. The van der Waals surface area contributed by atoms with Gasteiger partial charge in [0.1, 0.15) is 11.5 Å². The van der Waals surface area contributed by atoms with Crippen molar-refractivity contribution in [3.05, 3.63) is 18.1 Å². The Morgan fingerprint density at radius 3 is 2.60 bits per heavy atom. The molecule has 0 aliphatic carbocycles. The maximum atomic E-state index is 11.8. The van der Waals surface area contributed by atoms with Crippen LogP contribution in [0.3, 0.4) is 0 Å². The smallest absolute Gasteiger partial charge is 0.271 e. The summed E-state index contributed by atoms with van der Waals surface area (Å²) < 4.78 is 0. The number of amides is 1. The molecule has 5 heteroatoms. The van der Waals surface area contributed by atoms with Gasteiger partial charge in [-0.1, -0.05) is 33.6 Å². The minimum atomic E-state index is -0.157. The molecule has 0 bridgehead atoms. The number of hydrogen-bond acceptors (Lipinski definition) is 4. The van der Waals surface area contributed by atoms with Gasteiger partial charge in [-0.2, -0.15) is 0 Å². The van der Waals surface area contributed by atoms with Crippen molar-refractivity contribution in [1.29, 1.82) is 0 Å². The van der Waals surface area contributed by atoms with E-state index in [0.717, 1.165) is 25.2 Å². The Morgan fingerprint density at radius 2 is 2.00 bits per heavy atom. The van der Waals surface area contributed by atoms with E-state index in [1.807, 2.05) is 0 Å². The SMILES string of the molecule is CCCCCNc1cnc(C(=O)NCCC(C)C)cn1. The van der Waals surface area contributed by atoms with E-state index in [0.29, 0.717) is 18.2 Å². The van der Waals surface area contributed by atoms with E-state index in [1.165, 1.54) is 19.0 Å². The predicted octanol–water partition coefficient (Wildman–Crippen LogP) is 2.85. The monoisotopic (exact) mass is 278 g/mol. The van der Waals surface area contributed by atoms with Crippen molar-refractivity contribution in [3.8, 4) is 0 Å². The lowest BCUT2D eigenvalue weighted by Crippen LogP contribution is -2.26. The maximum Gasteiger partial charge on any atom is 0.271 e. The van der Waals surface area contributed by atoms with Gasteiger partial charge in [0.15, 0.2) is 0 Å². The first kappa shape index (κ1) is 16.4. The fraction of sp³-hybridized carbons (Fsp3) is 0.667. The number of hydrogen-bond donors (Lipinski definition) is 2. The van der Waals surface area contributed by atoms with Crippen LogP contribution in [0.1, 0.15) is 56.9 Å². The van der Waals surface area contributed by atoms with E-state index in [-0.39, 0.29) is 5.91 Å². The van der Waals surface area contributed by atoms with Crippen molar-refractivity contribution in [2.45, 2.75) is 46.5 Å². The molecule has 0 aliphatic heterocycles. The summed E-state index contributed by atoms with van der Waals surface area (Å²) in [6.45, 7) is 8.00. The number of unbranched alkanes of at least 4 members (excludes halogenated alkanes) is 2. The molecular weight excluding hydrogens is 252 g/mol. The van der Waals surface area contributed by atoms with Gasteiger partial charge in [-0.3, -0.25) is 4.79 Å². The van der Waals surface area contributed by atoms with Crippen molar-refractivity contribution >= 4 is 11.7 Å². The molecule has 0 fully saturated rings. The van der Waals surface area contributed by atoms with Gasteiger partial charge < -0.3 is 10.6 Å². The van der Waals surface area contributed by atoms with Crippen molar-refractivity contribution in [2.75, 3.05) is 18.4 Å². The molecule has 1 aromatic rings. The lowest BCUT2D eigenvalue weighted by molar-refractivity contribution is 0.0946. The molecule has 0 saturated heterocycles. The highest BCUT2D eigenvalue weighted by molar-refractivity contribution is 5.91. The number of rotatable bonds is 9. The second-order valence-electron chi connectivity index (χ2n) is 5.36. The molecule has 0 radical (unpaired) electrons. The third-order valence-corrected chi connectivity index (χ3v) is 2.98. The van der Waals surface area contributed by atoms with E-state index in [4.69, 9.17) is 0 Å². The number of nitrogens with one attached hydrogen (secondary N) is 2. The van der Waals surface area contributed by atoms with Crippen molar-refractivity contribution in [2.24, 2.45) is 5.92 Å². The molecule has 0 saturated carbocycles. The molecular formula is C15H26N4O. The van der Waals surface area contributed by atoms with E-state index >= 15 is 0 Å². The normalized spacial score (nSPS) is 10.6. The Bertz CT molecular complexity index is 389. The summed E-state index contributed by atoms with van der Waals surface area (Å²) in [5, 5.41) is 6.05. The van der Waals surface area contributed by atoms with Crippen LogP contribution in [0.15, 0.2) is 12.4 Å². The summed E-state index contributed by atoms with van der Waals surface area (Å²) in [6.07, 6.45) is 7.63. The first-order chi connectivity index (χ1) is 9.63. The van der Waals surface area contributed by atoms with Gasteiger partial charge in [-0.05, 0) is 18.8 Å². The van der Waals surface area contributed by atoms with Crippen LogP contribution in [-0.2, 0) is 0 Å². The average molecular weight is 278 g/mol. The van der Waals surface area contributed by atoms with E-state index < -0.39 is 0 Å². The fourth-order valence-corrected chi connectivity index (χ4v) is 1.69. The number of carbonyl (C=O) groups is 1. The largest absolute Gasteiger partial charge is 0.369 e. The summed E-state index contributed by atoms with van der Waals surface area (Å²) in [5.74, 6) is 1.14.